The number of nitrogens with zero attached hydrogens (tertiary/aromatic N) is 3. The van der Waals surface area contributed by atoms with Gasteiger partial charge in [-0.2, -0.15) is 0 Å². The maximum absolute atomic E-state index is 12.7. The SMILES string of the molecule is Cc1ccccc1[C@H]1[C@@H]2CN(C(=O)Cc3ccncc3)C[C@@H]2CN1C. The standard InChI is InChI=1S/C21H25N3O/c1-15-5-3-4-6-18(15)21-19-14-24(13-17(19)12-23(21)2)20(25)11-16-7-9-22-10-8-16/h3-10,17,19,21H,11-14H2,1-2H3/t17-,19+,21-/m0/s1. The van der Waals surface area contributed by atoms with Gasteiger partial charge >= 0.3 is 0 Å². The van der Waals surface area contributed by atoms with Crippen molar-refractivity contribution in [2.75, 3.05) is 26.7 Å². The van der Waals surface area contributed by atoms with Gasteiger partial charge in [0.2, 0.25) is 5.91 Å². The molecule has 4 heteroatoms. The largest absolute Gasteiger partial charge is 0.342 e. The first-order chi connectivity index (χ1) is 12.1. The number of carbonyl (C=O) groups excluding carboxylic acids is 1. The molecular weight excluding hydrogens is 310 g/mol. The number of aromatic nitrogens is 1. The van der Waals surface area contributed by atoms with Crippen molar-refractivity contribution >= 4 is 5.91 Å². The number of benzene rings is 1. The Bertz CT molecular complexity index is 761. The fourth-order valence-corrected chi connectivity index (χ4v) is 4.64. The van der Waals surface area contributed by atoms with Gasteiger partial charge in [-0.1, -0.05) is 24.3 Å². The fourth-order valence-electron chi connectivity index (χ4n) is 4.64. The summed E-state index contributed by atoms with van der Waals surface area (Å²) in [6.07, 6.45) is 3.99. The van der Waals surface area contributed by atoms with Crippen LogP contribution in [0, 0.1) is 18.8 Å². The molecule has 0 bridgehead atoms. The first kappa shape index (κ1) is 16.3. The Labute approximate surface area is 149 Å². The van der Waals surface area contributed by atoms with E-state index in [-0.39, 0.29) is 5.91 Å². The molecule has 2 aliphatic rings. The van der Waals surface area contributed by atoms with Crippen molar-refractivity contribution in [3.8, 4) is 0 Å². The number of rotatable bonds is 3. The smallest absolute Gasteiger partial charge is 0.227 e. The normalized spacial score (nSPS) is 26.0. The van der Waals surface area contributed by atoms with Crippen molar-refractivity contribution < 1.29 is 4.79 Å². The van der Waals surface area contributed by atoms with E-state index in [1.165, 1.54) is 11.1 Å². The van der Waals surface area contributed by atoms with Crippen LogP contribution in [0.15, 0.2) is 48.8 Å². The minimum Gasteiger partial charge on any atom is -0.342 e. The maximum atomic E-state index is 12.7. The number of fused-ring (bicyclic) bond motifs is 1. The first-order valence-corrected chi connectivity index (χ1v) is 9.06. The molecule has 0 saturated carbocycles. The molecule has 4 nitrogen and oxygen atoms in total. The average Bonchev–Trinajstić information content (AvgIpc) is 3.13. The quantitative estimate of drug-likeness (QED) is 0.865. The Kier molecular flexibility index (Phi) is 4.30. The highest BCUT2D eigenvalue weighted by atomic mass is 16.2. The van der Waals surface area contributed by atoms with Crippen LogP contribution in [0.25, 0.3) is 0 Å². The highest BCUT2D eigenvalue weighted by molar-refractivity contribution is 5.79. The minimum atomic E-state index is 0.242. The highest BCUT2D eigenvalue weighted by Crippen LogP contribution is 2.44. The second-order valence-corrected chi connectivity index (χ2v) is 7.50. The molecule has 2 fully saturated rings. The third kappa shape index (κ3) is 3.07. The van der Waals surface area contributed by atoms with Gasteiger partial charge in [0.15, 0.2) is 0 Å². The summed E-state index contributed by atoms with van der Waals surface area (Å²) in [6, 6.07) is 13.0. The Morgan fingerprint density at radius 2 is 1.88 bits per heavy atom. The van der Waals surface area contributed by atoms with Crippen molar-refractivity contribution in [3.05, 3.63) is 65.5 Å². The molecule has 130 valence electrons. The highest BCUT2D eigenvalue weighted by Gasteiger charge is 2.47. The lowest BCUT2D eigenvalue weighted by atomic mass is 9.88. The van der Waals surface area contributed by atoms with Crippen molar-refractivity contribution in [3.63, 3.8) is 0 Å². The molecule has 0 unspecified atom stereocenters. The van der Waals surface area contributed by atoms with Crippen LogP contribution in [0.3, 0.4) is 0 Å². The Morgan fingerprint density at radius 3 is 2.64 bits per heavy atom. The van der Waals surface area contributed by atoms with Crippen LogP contribution in [-0.4, -0.2) is 47.4 Å². The molecule has 4 rings (SSSR count). The van der Waals surface area contributed by atoms with E-state index < -0.39 is 0 Å². The molecule has 0 aliphatic carbocycles. The molecule has 0 radical (unpaired) electrons. The van der Waals surface area contributed by atoms with Gasteiger partial charge in [-0.25, -0.2) is 0 Å². The third-order valence-electron chi connectivity index (χ3n) is 5.86. The number of aryl methyl sites for hydroxylation is 1. The van der Waals surface area contributed by atoms with E-state index in [4.69, 9.17) is 0 Å². The number of hydrogen-bond donors (Lipinski definition) is 0. The lowest BCUT2D eigenvalue weighted by molar-refractivity contribution is -0.129. The van der Waals surface area contributed by atoms with Crippen LogP contribution >= 0.6 is 0 Å². The Morgan fingerprint density at radius 1 is 1.12 bits per heavy atom. The monoisotopic (exact) mass is 335 g/mol. The van der Waals surface area contributed by atoms with Crippen LogP contribution in [-0.2, 0) is 11.2 Å². The van der Waals surface area contributed by atoms with Gasteiger partial charge in [-0.15, -0.1) is 0 Å². The van der Waals surface area contributed by atoms with E-state index in [1.807, 2.05) is 12.1 Å². The Hall–Kier alpha value is -2.20. The van der Waals surface area contributed by atoms with Crippen molar-refractivity contribution in [1.29, 1.82) is 0 Å². The molecular formula is C21H25N3O. The molecule has 1 aromatic carbocycles. The summed E-state index contributed by atoms with van der Waals surface area (Å²) >= 11 is 0. The van der Waals surface area contributed by atoms with Crippen LogP contribution in [0.4, 0.5) is 0 Å². The van der Waals surface area contributed by atoms with Crippen molar-refractivity contribution in [2.45, 2.75) is 19.4 Å². The first-order valence-electron chi connectivity index (χ1n) is 9.06. The van der Waals surface area contributed by atoms with Crippen molar-refractivity contribution in [2.24, 2.45) is 11.8 Å². The summed E-state index contributed by atoms with van der Waals surface area (Å²) in [5.41, 5.74) is 3.81. The van der Waals surface area contributed by atoms with E-state index in [1.54, 1.807) is 12.4 Å². The van der Waals surface area contributed by atoms with Gasteiger partial charge in [0, 0.05) is 44.0 Å². The van der Waals surface area contributed by atoms with Crippen LogP contribution < -0.4 is 0 Å². The summed E-state index contributed by atoms with van der Waals surface area (Å²) in [5.74, 6) is 1.36. The molecule has 0 spiro atoms. The molecule has 2 saturated heterocycles. The molecule has 1 aromatic heterocycles. The van der Waals surface area contributed by atoms with E-state index >= 15 is 0 Å². The van der Waals surface area contributed by atoms with Crippen LogP contribution in [0.1, 0.15) is 22.7 Å². The number of amides is 1. The van der Waals surface area contributed by atoms with Gasteiger partial charge in [-0.05, 0) is 48.7 Å². The molecule has 25 heavy (non-hydrogen) atoms. The predicted octanol–water partition coefficient (Wildman–Crippen LogP) is 2.69. The lowest BCUT2D eigenvalue weighted by Gasteiger charge is -2.28. The van der Waals surface area contributed by atoms with Gasteiger partial charge in [0.05, 0.1) is 6.42 Å². The molecule has 3 heterocycles. The van der Waals surface area contributed by atoms with Crippen LogP contribution in [0.5, 0.6) is 0 Å². The third-order valence-corrected chi connectivity index (χ3v) is 5.86. The fraction of sp³-hybridized carbons (Fsp3) is 0.429. The van der Waals surface area contributed by atoms with Gasteiger partial charge in [-0.3, -0.25) is 14.7 Å². The zero-order valence-electron chi connectivity index (χ0n) is 14.9. The van der Waals surface area contributed by atoms with Gasteiger partial charge < -0.3 is 4.90 Å². The molecule has 2 aromatic rings. The molecule has 1 amide bonds. The number of likely N-dealkylation sites (tertiary alicyclic amines) is 2. The predicted molar refractivity (Wildman–Crippen MR) is 98.1 cm³/mol. The summed E-state index contributed by atoms with van der Waals surface area (Å²) in [5, 5.41) is 0. The summed E-state index contributed by atoms with van der Waals surface area (Å²) in [7, 11) is 2.22. The van der Waals surface area contributed by atoms with E-state index in [0.29, 0.717) is 24.3 Å². The topological polar surface area (TPSA) is 36.4 Å². The zero-order valence-corrected chi connectivity index (χ0v) is 14.9. The number of carbonyl (C=O) groups is 1. The summed E-state index contributed by atoms with van der Waals surface area (Å²) < 4.78 is 0. The molecule has 2 aliphatic heterocycles. The van der Waals surface area contributed by atoms with Crippen molar-refractivity contribution in [1.82, 2.24) is 14.8 Å². The van der Waals surface area contributed by atoms with E-state index in [2.05, 4.69) is 53.0 Å². The lowest BCUT2D eigenvalue weighted by Crippen LogP contribution is -2.34. The number of hydrogen-bond acceptors (Lipinski definition) is 3. The van der Waals surface area contributed by atoms with E-state index in [0.717, 1.165) is 25.2 Å². The second-order valence-electron chi connectivity index (χ2n) is 7.50. The molecule has 3 atom stereocenters. The molecule has 0 N–H and O–H groups in total. The van der Waals surface area contributed by atoms with Gasteiger partial charge in [0.25, 0.3) is 0 Å². The second kappa shape index (κ2) is 6.60. The summed E-state index contributed by atoms with van der Waals surface area (Å²) in [6.45, 7) is 5.03. The van der Waals surface area contributed by atoms with E-state index in [9.17, 15) is 4.79 Å². The minimum absolute atomic E-state index is 0.242. The van der Waals surface area contributed by atoms with Gasteiger partial charge in [0.1, 0.15) is 0 Å². The maximum Gasteiger partial charge on any atom is 0.227 e. The Balaban J connectivity index is 1.50. The summed E-state index contributed by atoms with van der Waals surface area (Å²) in [4.78, 5) is 21.3. The average molecular weight is 335 g/mol. The zero-order chi connectivity index (χ0) is 17.4. The number of pyridine rings is 1. The van der Waals surface area contributed by atoms with Crippen LogP contribution in [0.2, 0.25) is 0 Å².